The molecule has 0 aliphatic heterocycles. The summed E-state index contributed by atoms with van der Waals surface area (Å²) in [6.07, 6.45) is 4.18. The van der Waals surface area contributed by atoms with Crippen LogP contribution in [0.5, 0.6) is 0 Å². The van der Waals surface area contributed by atoms with Gasteiger partial charge in [0.05, 0.1) is 13.0 Å². The maximum Gasteiger partial charge on any atom is 0.311 e. The molecule has 1 aromatic carbocycles. The zero-order chi connectivity index (χ0) is 23.2. The molecule has 30 heavy (non-hydrogen) atoms. The number of hydrogen-bond acceptors (Lipinski definition) is 3. The van der Waals surface area contributed by atoms with Crippen LogP contribution >= 0.6 is 0 Å². The van der Waals surface area contributed by atoms with Crippen molar-refractivity contribution in [2.45, 2.75) is 85.1 Å². The molecule has 0 fully saturated rings. The molecule has 0 saturated carbocycles. The molecule has 0 bridgehead atoms. The molecule has 0 amide bonds. The summed E-state index contributed by atoms with van der Waals surface area (Å²) in [5.41, 5.74) is 1.04. The number of ether oxygens (including phenoxy) is 1. The first-order valence-electron chi connectivity index (χ1n) is 11.6. The van der Waals surface area contributed by atoms with E-state index in [-0.39, 0.29) is 5.97 Å². The van der Waals surface area contributed by atoms with Crippen molar-refractivity contribution in [1.29, 1.82) is 0 Å². The van der Waals surface area contributed by atoms with Gasteiger partial charge in [-0.25, -0.2) is 0 Å². The summed E-state index contributed by atoms with van der Waals surface area (Å²) in [6.45, 7) is 20.1. The molecule has 0 spiro atoms. The van der Waals surface area contributed by atoms with Crippen molar-refractivity contribution in [3.05, 3.63) is 29.8 Å². The van der Waals surface area contributed by atoms with Gasteiger partial charge in [0.15, 0.2) is 0 Å². The maximum atomic E-state index is 12.4. The molecule has 0 aliphatic carbocycles. The van der Waals surface area contributed by atoms with E-state index in [0.717, 1.165) is 32.2 Å². The van der Waals surface area contributed by atoms with E-state index in [9.17, 15) is 4.79 Å². The van der Waals surface area contributed by atoms with Crippen molar-refractivity contribution in [3.8, 4) is 0 Å². The highest BCUT2D eigenvalue weighted by Gasteiger charge is 2.38. The molecule has 1 atom stereocenters. The third-order valence-electron chi connectivity index (χ3n) is 7.15. The Kier molecular flexibility index (Phi) is 10.0. The highest BCUT2D eigenvalue weighted by Crippen LogP contribution is 2.31. The first-order valence-corrected chi connectivity index (χ1v) is 19.1. The molecule has 0 saturated heterocycles. The lowest BCUT2D eigenvalue weighted by molar-refractivity contribution is -0.154. The summed E-state index contributed by atoms with van der Waals surface area (Å²) in [6, 6.07) is 9.57. The second-order valence-electron chi connectivity index (χ2n) is 11.3. The number of benzene rings is 1. The van der Waals surface area contributed by atoms with Gasteiger partial charge in [-0.15, -0.1) is 0 Å². The number of esters is 1. The van der Waals surface area contributed by atoms with Crippen LogP contribution in [0.3, 0.4) is 0 Å². The maximum absolute atomic E-state index is 12.4. The quantitative estimate of drug-likeness (QED) is 0.298. The summed E-state index contributed by atoms with van der Waals surface area (Å²) in [7, 11) is 1.48. The van der Waals surface area contributed by atoms with Crippen LogP contribution in [0.15, 0.2) is 24.3 Å². The van der Waals surface area contributed by atoms with Crippen molar-refractivity contribution in [1.82, 2.24) is 4.90 Å². The van der Waals surface area contributed by atoms with Crippen LogP contribution in [0.4, 0.5) is 0 Å². The Morgan fingerprint density at radius 2 is 1.63 bits per heavy atom. The minimum atomic E-state index is -1.35. The zero-order valence-corrected chi connectivity index (χ0v) is 23.4. The van der Waals surface area contributed by atoms with Crippen molar-refractivity contribution < 1.29 is 9.53 Å². The van der Waals surface area contributed by atoms with E-state index in [0.29, 0.717) is 12.5 Å². The van der Waals surface area contributed by atoms with Gasteiger partial charge in [0.1, 0.15) is 6.61 Å². The minimum absolute atomic E-state index is 0.0692. The molecule has 3 nitrogen and oxygen atoms in total. The van der Waals surface area contributed by atoms with E-state index in [1.165, 1.54) is 5.56 Å². The molecule has 0 aromatic heterocycles. The Labute approximate surface area is 188 Å². The lowest BCUT2D eigenvalue weighted by Crippen LogP contribution is -2.61. The number of likely N-dealkylation sites (N-methyl/N-ethyl adjacent to an activating group) is 1. The lowest BCUT2D eigenvalue weighted by atomic mass is 9.84. The number of carbonyl (C=O) groups is 1. The Bertz CT molecular complexity index is 661. The van der Waals surface area contributed by atoms with E-state index in [1.807, 2.05) is 32.8 Å². The molecule has 0 N–H and O–H groups in total. The van der Waals surface area contributed by atoms with Crippen molar-refractivity contribution >= 4 is 26.3 Å². The summed E-state index contributed by atoms with van der Waals surface area (Å²) in [5, 5.41) is 1.60. The van der Waals surface area contributed by atoms with E-state index in [1.54, 1.807) is 5.19 Å². The van der Waals surface area contributed by atoms with Gasteiger partial charge in [-0.2, -0.15) is 0 Å². The fourth-order valence-corrected chi connectivity index (χ4v) is 8.58. The van der Waals surface area contributed by atoms with Gasteiger partial charge in [-0.1, -0.05) is 75.5 Å². The standard InChI is InChI=1S/C25H47NO2Si2/c1-11-21(13-12-18-25(2,3)24(27)28-20-19-26(4)5)22-14-16-23(17-15-22)30(9,10)29(6,7)8/h14-17,21H,11-13,18-20H2,1-10H3. The molecule has 5 heteroatoms. The highest BCUT2D eigenvalue weighted by molar-refractivity contribution is 7.45. The van der Waals surface area contributed by atoms with Crippen LogP contribution in [0.1, 0.15) is 57.9 Å². The van der Waals surface area contributed by atoms with Crippen molar-refractivity contribution in [2.75, 3.05) is 27.2 Å². The smallest absolute Gasteiger partial charge is 0.311 e. The van der Waals surface area contributed by atoms with Crippen LogP contribution in [0, 0.1) is 5.41 Å². The number of nitrogens with zero attached hydrogens (tertiary/aromatic N) is 1. The van der Waals surface area contributed by atoms with Gasteiger partial charge in [0, 0.05) is 14.1 Å². The Hall–Kier alpha value is -0.916. The van der Waals surface area contributed by atoms with Crippen molar-refractivity contribution in [3.63, 3.8) is 0 Å². The Balaban J connectivity index is 2.67. The Morgan fingerprint density at radius 1 is 1.07 bits per heavy atom. The summed E-state index contributed by atoms with van der Waals surface area (Å²) in [5.74, 6) is 0.497. The molecule has 1 aromatic rings. The molecule has 1 rings (SSSR count). The van der Waals surface area contributed by atoms with Gasteiger partial charge in [0.2, 0.25) is 0 Å². The topological polar surface area (TPSA) is 29.5 Å². The molecular weight excluding hydrogens is 402 g/mol. The van der Waals surface area contributed by atoms with Crippen LogP contribution in [-0.2, 0) is 9.53 Å². The Morgan fingerprint density at radius 3 is 2.10 bits per heavy atom. The third kappa shape index (κ3) is 7.65. The van der Waals surface area contributed by atoms with Gasteiger partial charge in [-0.05, 0) is 58.7 Å². The minimum Gasteiger partial charge on any atom is -0.464 e. The van der Waals surface area contributed by atoms with E-state index in [2.05, 4.69) is 63.9 Å². The van der Waals surface area contributed by atoms with Crippen molar-refractivity contribution in [2.24, 2.45) is 5.41 Å². The zero-order valence-electron chi connectivity index (χ0n) is 21.4. The van der Waals surface area contributed by atoms with Gasteiger partial charge >= 0.3 is 5.97 Å². The SMILES string of the molecule is CCC(CCCC(C)(C)C(=O)OCCN(C)C)c1ccc([Si](C)(C)[Si](C)(C)C)cc1. The lowest BCUT2D eigenvalue weighted by Gasteiger charge is -2.36. The molecule has 0 aliphatic rings. The number of rotatable bonds is 12. The van der Waals surface area contributed by atoms with Gasteiger partial charge < -0.3 is 9.64 Å². The predicted molar refractivity (Wildman–Crippen MR) is 137 cm³/mol. The van der Waals surface area contributed by atoms with Gasteiger partial charge in [0.25, 0.3) is 0 Å². The molecule has 1 unspecified atom stereocenters. The number of hydrogen-bond donors (Lipinski definition) is 0. The molecule has 0 radical (unpaired) electrons. The predicted octanol–water partition coefficient (Wildman–Crippen LogP) is 5.81. The first-order chi connectivity index (χ1) is 13.7. The fourth-order valence-electron chi connectivity index (χ4n) is 3.62. The average molecular weight is 450 g/mol. The van der Waals surface area contributed by atoms with Crippen LogP contribution in [0.2, 0.25) is 32.7 Å². The van der Waals surface area contributed by atoms with Crippen LogP contribution < -0.4 is 5.19 Å². The second kappa shape index (κ2) is 11.1. The van der Waals surface area contributed by atoms with E-state index >= 15 is 0 Å². The second-order valence-corrected chi connectivity index (χ2v) is 27.9. The third-order valence-corrected chi connectivity index (χ3v) is 24.8. The monoisotopic (exact) mass is 449 g/mol. The molecular formula is C25H47NO2Si2. The average Bonchev–Trinajstić information content (AvgIpc) is 2.64. The fraction of sp³-hybridized carbons (Fsp3) is 0.720. The van der Waals surface area contributed by atoms with Gasteiger partial charge in [-0.3, -0.25) is 4.79 Å². The summed E-state index contributed by atoms with van der Waals surface area (Å²) < 4.78 is 5.49. The van der Waals surface area contributed by atoms with E-state index in [4.69, 9.17) is 4.74 Å². The van der Waals surface area contributed by atoms with Crippen LogP contribution in [-0.4, -0.2) is 53.3 Å². The highest BCUT2D eigenvalue weighted by atomic mass is 29.3. The van der Waals surface area contributed by atoms with Crippen LogP contribution in [0.25, 0.3) is 0 Å². The molecule has 0 heterocycles. The first kappa shape index (κ1) is 27.1. The largest absolute Gasteiger partial charge is 0.464 e. The summed E-state index contributed by atoms with van der Waals surface area (Å²) in [4.78, 5) is 14.5. The molecule has 172 valence electrons. The summed E-state index contributed by atoms with van der Waals surface area (Å²) >= 11 is 0. The normalized spacial score (nSPS) is 14.1. The number of carbonyl (C=O) groups excluding carboxylic acids is 1. The van der Waals surface area contributed by atoms with E-state index < -0.39 is 20.6 Å².